The minimum absolute atomic E-state index is 0.0829. The Labute approximate surface area is 173 Å². The summed E-state index contributed by atoms with van der Waals surface area (Å²) >= 11 is 0. The largest absolute Gasteiger partial charge is 0.618 e. The summed E-state index contributed by atoms with van der Waals surface area (Å²) in [5.41, 5.74) is -0.187. The molecule has 0 aliphatic heterocycles. The van der Waals surface area contributed by atoms with Crippen LogP contribution in [0.2, 0.25) is 0 Å². The standard InChI is InChI=1S/C22H22N2O6/c1-22(2)12-19(26)21(20(27)13-22)16(14-6-8-15(9-7-14)24(29)30)11-18(25)17-5-3-4-10-23(17)28/h3-10,16,21H,11-13H2,1-2H3/t16-/m1/s1. The van der Waals surface area contributed by atoms with Gasteiger partial charge in [-0.05, 0) is 17.0 Å². The average molecular weight is 410 g/mol. The van der Waals surface area contributed by atoms with Gasteiger partial charge >= 0.3 is 0 Å². The SMILES string of the molecule is CC1(C)CC(=O)C([C@H](CC(=O)c2cccc[n+]2[O-])c2ccc([N+](=O)[O-])cc2)C(=O)C1. The number of nitro benzene ring substituents is 1. The highest BCUT2D eigenvalue weighted by Gasteiger charge is 2.44. The molecule has 1 fully saturated rings. The summed E-state index contributed by atoms with van der Waals surface area (Å²) in [6.45, 7) is 3.69. The molecule has 1 aromatic carbocycles. The quantitative estimate of drug-likeness (QED) is 0.180. The average Bonchev–Trinajstić information content (AvgIpc) is 2.66. The summed E-state index contributed by atoms with van der Waals surface area (Å²) in [6.07, 6.45) is 1.38. The summed E-state index contributed by atoms with van der Waals surface area (Å²) in [7, 11) is 0. The first-order valence-electron chi connectivity index (χ1n) is 9.60. The Morgan fingerprint density at radius 1 is 1.13 bits per heavy atom. The second-order valence-corrected chi connectivity index (χ2v) is 8.42. The molecule has 30 heavy (non-hydrogen) atoms. The second-order valence-electron chi connectivity index (χ2n) is 8.42. The molecule has 0 saturated heterocycles. The van der Waals surface area contributed by atoms with Crippen LogP contribution in [0.5, 0.6) is 0 Å². The number of pyridine rings is 1. The number of benzene rings is 1. The van der Waals surface area contributed by atoms with E-state index < -0.39 is 28.0 Å². The zero-order chi connectivity index (χ0) is 22.1. The summed E-state index contributed by atoms with van der Waals surface area (Å²) < 4.78 is 0.447. The van der Waals surface area contributed by atoms with Crippen molar-refractivity contribution in [2.45, 2.75) is 39.0 Å². The number of carbonyl (C=O) groups excluding carboxylic acids is 3. The molecule has 1 atom stereocenters. The summed E-state index contributed by atoms with van der Waals surface area (Å²) in [4.78, 5) is 49.0. The maximum Gasteiger partial charge on any atom is 0.269 e. The van der Waals surface area contributed by atoms with Crippen LogP contribution >= 0.6 is 0 Å². The Kier molecular flexibility index (Phi) is 5.78. The van der Waals surface area contributed by atoms with Crippen molar-refractivity contribution < 1.29 is 24.0 Å². The third-order valence-corrected chi connectivity index (χ3v) is 5.45. The van der Waals surface area contributed by atoms with Crippen molar-refractivity contribution in [1.29, 1.82) is 0 Å². The third-order valence-electron chi connectivity index (χ3n) is 5.45. The van der Waals surface area contributed by atoms with Crippen LogP contribution in [0.15, 0.2) is 48.7 Å². The predicted molar refractivity (Wildman–Crippen MR) is 107 cm³/mol. The zero-order valence-corrected chi connectivity index (χ0v) is 16.7. The van der Waals surface area contributed by atoms with Crippen molar-refractivity contribution in [2.75, 3.05) is 0 Å². The van der Waals surface area contributed by atoms with Crippen LogP contribution in [0.25, 0.3) is 0 Å². The Bertz CT molecular complexity index is 993. The molecule has 0 unspecified atom stereocenters. The van der Waals surface area contributed by atoms with E-state index in [9.17, 15) is 29.7 Å². The fourth-order valence-corrected chi connectivity index (χ4v) is 4.07. The van der Waals surface area contributed by atoms with Gasteiger partial charge < -0.3 is 5.21 Å². The lowest BCUT2D eigenvalue weighted by Crippen LogP contribution is -2.42. The lowest BCUT2D eigenvalue weighted by molar-refractivity contribution is -0.607. The smallest absolute Gasteiger partial charge is 0.269 e. The number of non-ortho nitro benzene ring substituents is 1. The Balaban J connectivity index is 1.99. The van der Waals surface area contributed by atoms with Crippen LogP contribution in [0.3, 0.4) is 0 Å². The third kappa shape index (κ3) is 4.42. The highest BCUT2D eigenvalue weighted by Crippen LogP contribution is 2.41. The lowest BCUT2D eigenvalue weighted by Gasteiger charge is -2.35. The van der Waals surface area contributed by atoms with Crippen LogP contribution in [-0.4, -0.2) is 22.3 Å². The normalized spacial score (nSPS) is 17.5. The molecule has 8 nitrogen and oxygen atoms in total. The maximum absolute atomic E-state index is 12.9. The van der Waals surface area contributed by atoms with Gasteiger partial charge in [-0.25, -0.2) is 0 Å². The zero-order valence-electron chi connectivity index (χ0n) is 16.7. The van der Waals surface area contributed by atoms with Gasteiger partial charge in [-0.1, -0.05) is 26.0 Å². The molecular weight excluding hydrogens is 388 g/mol. The van der Waals surface area contributed by atoms with Gasteiger partial charge in [0.2, 0.25) is 5.78 Å². The minimum Gasteiger partial charge on any atom is -0.618 e. The number of Topliss-reactive ketones (excluding diaryl/α,β-unsaturated/α-hetero) is 3. The van der Waals surface area contributed by atoms with Crippen molar-refractivity contribution in [1.82, 2.24) is 0 Å². The number of nitrogens with zero attached hydrogens (tertiary/aromatic N) is 2. The van der Waals surface area contributed by atoms with E-state index in [0.29, 0.717) is 10.3 Å². The molecule has 156 valence electrons. The first kappa shape index (κ1) is 21.3. The van der Waals surface area contributed by atoms with Gasteiger partial charge in [0, 0.05) is 49.4 Å². The van der Waals surface area contributed by atoms with Gasteiger partial charge in [-0.2, -0.15) is 4.73 Å². The van der Waals surface area contributed by atoms with Gasteiger partial charge in [0.1, 0.15) is 11.6 Å². The van der Waals surface area contributed by atoms with Gasteiger partial charge in [0.15, 0.2) is 6.20 Å². The predicted octanol–water partition coefficient (Wildman–Crippen LogP) is 3.16. The van der Waals surface area contributed by atoms with E-state index >= 15 is 0 Å². The van der Waals surface area contributed by atoms with E-state index in [1.165, 1.54) is 42.6 Å². The summed E-state index contributed by atoms with van der Waals surface area (Å²) in [5, 5.41) is 22.9. The molecule has 3 rings (SSSR count). The molecule has 0 amide bonds. The molecule has 0 N–H and O–H groups in total. The van der Waals surface area contributed by atoms with E-state index in [-0.39, 0.29) is 42.2 Å². The van der Waals surface area contributed by atoms with Crippen molar-refractivity contribution in [3.63, 3.8) is 0 Å². The van der Waals surface area contributed by atoms with Gasteiger partial charge in [-0.15, -0.1) is 0 Å². The molecule has 8 heteroatoms. The van der Waals surface area contributed by atoms with Crippen molar-refractivity contribution in [2.24, 2.45) is 11.3 Å². The number of carbonyl (C=O) groups is 3. The molecule has 1 heterocycles. The monoisotopic (exact) mass is 410 g/mol. The number of ketones is 3. The van der Waals surface area contributed by atoms with Crippen molar-refractivity contribution in [3.8, 4) is 0 Å². The van der Waals surface area contributed by atoms with E-state index in [1.807, 2.05) is 13.8 Å². The van der Waals surface area contributed by atoms with E-state index in [2.05, 4.69) is 0 Å². The molecule has 1 saturated carbocycles. The topological polar surface area (TPSA) is 121 Å². The van der Waals surface area contributed by atoms with E-state index in [4.69, 9.17) is 0 Å². The van der Waals surface area contributed by atoms with Crippen LogP contribution < -0.4 is 4.73 Å². The minimum atomic E-state index is -1.02. The molecule has 1 aromatic heterocycles. The van der Waals surface area contributed by atoms with Gasteiger partial charge in [0.05, 0.1) is 10.8 Å². The fraction of sp³-hybridized carbons (Fsp3) is 0.364. The second kappa shape index (κ2) is 8.14. The van der Waals surface area contributed by atoms with Crippen molar-refractivity contribution in [3.05, 3.63) is 75.2 Å². The van der Waals surface area contributed by atoms with Crippen LogP contribution in [0.1, 0.15) is 55.1 Å². The Morgan fingerprint density at radius 3 is 2.27 bits per heavy atom. The Hall–Kier alpha value is -3.42. The Morgan fingerprint density at radius 2 is 1.73 bits per heavy atom. The first-order chi connectivity index (χ1) is 14.1. The van der Waals surface area contributed by atoms with Crippen LogP contribution in [0, 0.1) is 26.7 Å². The maximum atomic E-state index is 12.9. The number of aromatic nitrogens is 1. The van der Waals surface area contributed by atoms with Crippen molar-refractivity contribution >= 4 is 23.0 Å². The van der Waals surface area contributed by atoms with Crippen LogP contribution in [0.4, 0.5) is 5.69 Å². The van der Waals surface area contributed by atoms with Gasteiger partial charge in [-0.3, -0.25) is 24.5 Å². The molecule has 1 aliphatic rings. The summed E-state index contributed by atoms with van der Waals surface area (Å²) in [6, 6.07) is 9.93. The first-order valence-corrected chi connectivity index (χ1v) is 9.60. The lowest BCUT2D eigenvalue weighted by atomic mass is 9.65. The number of hydrogen-bond acceptors (Lipinski definition) is 6. The molecule has 0 radical (unpaired) electrons. The molecule has 2 aromatic rings. The molecule has 0 spiro atoms. The highest BCUT2D eigenvalue weighted by atomic mass is 16.6. The van der Waals surface area contributed by atoms with E-state index in [1.54, 1.807) is 6.07 Å². The summed E-state index contributed by atoms with van der Waals surface area (Å²) in [5.74, 6) is -2.83. The molecule has 1 aliphatic carbocycles. The molecular formula is C22H22N2O6. The van der Waals surface area contributed by atoms with Gasteiger partial charge in [0.25, 0.3) is 11.4 Å². The van der Waals surface area contributed by atoms with Crippen LogP contribution in [-0.2, 0) is 9.59 Å². The highest BCUT2D eigenvalue weighted by molar-refractivity contribution is 6.07. The fourth-order valence-electron chi connectivity index (χ4n) is 4.07. The number of rotatable bonds is 6. The number of nitro groups is 1. The molecule has 0 bridgehead atoms. The number of hydrogen-bond donors (Lipinski definition) is 0. The van der Waals surface area contributed by atoms with E-state index in [0.717, 1.165) is 0 Å².